The number of hydrogen-bond acceptors (Lipinski definition) is 1. The molecule has 1 nitrogen and oxygen atoms in total. The van der Waals surface area contributed by atoms with Crippen LogP contribution < -0.4 is 0 Å². The molecule has 0 saturated heterocycles. The Morgan fingerprint density at radius 1 is 1.38 bits per heavy atom. The first-order chi connectivity index (χ1) is 7.70. The normalized spacial score (nSPS) is 21.9. The molecular weight excluding hydrogens is 194 g/mol. The summed E-state index contributed by atoms with van der Waals surface area (Å²) >= 11 is 0. The highest BCUT2D eigenvalue weighted by Gasteiger charge is 2.18. The van der Waals surface area contributed by atoms with Crippen molar-refractivity contribution in [2.24, 2.45) is 5.92 Å². The second-order valence-electron chi connectivity index (χ2n) is 4.78. The van der Waals surface area contributed by atoms with E-state index in [-0.39, 0.29) is 0 Å². The van der Waals surface area contributed by atoms with Gasteiger partial charge >= 0.3 is 0 Å². The molecule has 1 heteroatoms. The number of hydrogen-bond donors (Lipinski definition) is 0. The van der Waals surface area contributed by atoms with Gasteiger partial charge in [0.25, 0.3) is 0 Å². The number of rotatable bonds is 2. The molecule has 0 unspecified atom stereocenters. The number of nitrogens with zero attached hydrogens (tertiary/aromatic N) is 1. The molecule has 16 heavy (non-hydrogen) atoms. The molecule has 1 heterocycles. The van der Waals surface area contributed by atoms with Crippen LogP contribution in [0.1, 0.15) is 25.0 Å². The van der Waals surface area contributed by atoms with Crippen LogP contribution in [0.4, 0.5) is 0 Å². The zero-order valence-corrected chi connectivity index (χ0v) is 10.5. The zero-order chi connectivity index (χ0) is 11.5. The summed E-state index contributed by atoms with van der Waals surface area (Å²) in [6, 6.07) is 8.85. The van der Waals surface area contributed by atoms with Crippen molar-refractivity contribution in [3.8, 4) is 0 Å². The van der Waals surface area contributed by atoms with E-state index in [0.29, 0.717) is 5.92 Å². The van der Waals surface area contributed by atoms with Gasteiger partial charge in [-0.3, -0.25) is 4.90 Å². The van der Waals surface area contributed by atoms with E-state index in [2.05, 4.69) is 56.0 Å². The van der Waals surface area contributed by atoms with E-state index in [9.17, 15) is 0 Å². The quantitative estimate of drug-likeness (QED) is 0.731. The second-order valence-corrected chi connectivity index (χ2v) is 4.78. The van der Waals surface area contributed by atoms with Gasteiger partial charge in [-0.2, -0.15) is 0 Å². The fourth-order valence-electron chi connectivity index (χ4n) is 2.47. The van der Waals surface area contributed by atoms with Crippen LogP contribution in [-0.4, -0.2) is 24.5 Å². The lowest BCUT2D eigenvalue weighted by Gasteiger charge is -2.30. The fraction of sp³-hybridized carbons (Fsp3) is 0.467. The maximum absolute atomic E-state index is 2.49. The highest BCUT2D eigenvalue weighted by atomic mass is 15.1. The van der Waals surface area contributed by atoms with Gasteiger partial charge in [0.15, 0.2) is 0 Å². The first-order valence-electron chi connectivity index (χ1n) is 6.20. The Morgan fingerprint density at radius 3 is 2.81 bits per heavy atom. The van der Waals surface area contributed by atoms with Gasteiger partial charge in [0, 0.05) is 13.1 Å². The van der Waals surface area contributed by atoms with Crippen LogP contribution in [0.25, 0.3) is 5.57 Å². The minimum atomic E-state index is 0.649. The SMILES string of the molecule is CCN1CC=C(c2cccc(C)c2)[C@@H](C)C1. The molecule has 86 valence electrons. The molecule has 1 aromatic carbocycles. The molecule has 1 aliphatic rings. The third-order valence-electron chi connectivity index (χ3n) is 3.43. The van der Waals surface area contributed by atoms with Gasteiger partial charge in [-0.05, 0) is 30.5 Å². The minimum Gasteiger partial charge on any atom is -0.299 e. The van der Waals surface area contributed by atoms with E-state index in [0.717, 1.165) is 13.1 Å². The van der Waals surface area contributed by atoms with Crippen molar-refractivity contribution >= 4 is 5.57 Å². The predicted octanol–water partition coefficient (Wildman–Crippen LogP) is 3.35. The van der Waals surface area contributed by atoms with Crippen molar-refractivity contribution in [1.29, 1.82) is 0 Å². The lowest BCUT2D eigenvalue weighted by molar-refractivity contribution is 0.286. The smallest absolute Gasteiger partial charge is 0.0169 e. The van der Waals surface area contributed by atoms with Crippen LogP contribution >= 0.6 is 0 Å². The molecule has 0 saturated carbocycles. The average Bonchev–Trinajstić information content (AvgIpc) is 2.28. The number of aryl methyl sites for hydroxylation is 1. The summed E-state index contributed by atoms with van der Waals surface area (Å²) in [6.07, 6.45) is 2.40. The Bertz CT molecular complexity index is 392. The average molecular weight is 215 g/mol. The Morgan fingerprint density at radius 2 is 2.19 bits per heavy atom. The van der Waals surface area contributed by atoms with E-state index >= 15 is 0 Å². The molecule has 0 fully saturated rings. The molecule has 0 spiro atoms. The Labute approximate surface area is 98.8 Å². The van der Waals surface area contributed by atoms with Crippen LogP contribution in [0.2, 0.25) is 0 Å². The largest absolute Gasteiger partial charge is 0.299 e. The van der Waals surface area contributed by atoms with Crippen molar-refractivity contribution in [2.45, 2.75) is 20.8 Å². The summed E-state index contributed by atoms with van der Waals surface area (Å²) in [5, 5.41) is 0. The lowest BCUT2D eigenvalue weighted by Crippen LogP contribution is -2.32. The molecular formula is C15H21N. The van der Waals surface area contributed by atoms with Crippen LogP contribution in [0.15, 0.2) is 30.3 Å². The third-order valence-corrected chi connectivity index (χ3v) is 3.43. The molecule has 1 aliphatic heterocycles. The molecule has 0 bridgehead atoms. The van der Waals surface area contributed by atoms with Crippen molar-refractivity contribution in [2.75, 3.05) is 19.6 Å². The van der Waals surface area contributed by atoms with Crippen molar-refractivity contribution in [1.82, 2.24) is 4.90 Å². The van der Waals surface area contributed by atoms with E-state index in [4.69, 9.17) is 0 Å². The van der Waals surface area contributed by atoms with E-state index < -0.39 is 0 Å². The highest BCUT2D eigenvalue weighted by Crippen LogP contribution is 2.27. The molecule has 2 rings (SSSR count). The summed E-state index contributed by atoms with van der Waals surface area (Å²) in [5.41, 5.74) is 4.28. The molecule has 0 amide bonds. The fourth-order valence-corrected chi connectivity index (χ4v) is 2.47. The monoisotopic (exact) mass is 215 g/mol. The number of benzene rings is 1. The molecule has 0 radical (unpaired) electrons. The number of likely N-dealkylation sites (N-methyl/N-ethyl adjacent to an activating group) is 1. The summed E-state index contributed by atoms with van der Waals surface area (Å²) in [6.45, 7) is 10.2. The Hall–Kier alpha value is -1.08. The van der Waals surface area contributed by atoms with Gasteiger partial charge in [-0.25, -0.2) is 0 Å². The van der Waals surface area contributed by atoms with Gasteiger partial charge in [0.2, 0.25) is 0 Å². The van der Waals surface area contributed by atoms with E-state index in [1.54, 1.807) is 0 Å². The van der Waals surface area contributed by atoms with Crippen LogP contribution in [-0.2, 0) is 0 Å². The first-order valence-corrected chi connectivity index (χ1v) is 6.20. The summed E-state index contributed by atoms with van der Waals surface area (Å²) in [4.78, 5) is 2.49. The molecule has 1 atom stereocenters. The maximum Gasteiger partial charge on any atom is 0.0169 e. The Kier molecular flexibility index (Phi) is 3.45. The topological polar surface area (TPSA) is 3.24 Å². The lowest BCUT2D eigenvalue weighted by atomic mass is 9.90. The van der Waals surface area contributed by atoms with Gasteiger partial charge < -0.3 is 0 Å². The first kappa shape index (κ1) is 11.4. The van der Waals surface area contributed by atoms with Gasteiger partial charge in [0.05, 0.1) is 0 Å². The zero-order valence-electron chi connectivity index (χ0n) is 10.5. The highest BCUT2D eigenvalue weighted by molar-refractivity contribution is 5.68. The van der Waals surface area contributed by atoms with E-state index in [1.807, 2.05) is 0 Å². The standard InChI is InChI=1S/C15H21N/c1-4-16-9-8-15(13(3)11-16)14-7-5-6-12(2)10-14/h5-8,10,13H,4,9,11H2,1-3H3/t13-/m0/s1. The maximum atomic E-state index is 2.49. The second kappa shape index (κ2) is 4.84. The molecule has 0 N–H and O–H groups in total. The van der Waals surface area contributed by atoms with Crippen molar-refractivity contribution in [3.05, 3.63) is 41.5 Å². The summed E-state index contributed by atoms with van der Waals surface area (Å²) in [5.74, 6) is 0.649. The van der Waals surface area contributed by atoms with Crippen molar-refractivity contribution in [3.63, 3.8) is 0 Å². The van der Waals surface area contributed by atoms with Crippen LogP contribution in [0.5, 0.6) is 0 Å². The third kappa shape index (κ3) is 2.35. The van der Waals surface area contributed by atoms with Gasteiger partial charge in [-0.1, -0.05) is 49.8 Å². The predicted molar refractivity (Wildman–Crippen MR) is 70.4 cm³/mol. The summed E-state index contributed by atoms with van der Waals surface area (Å²) in [7, 11) is 0. The summed E-state index contributed by atoms with van der Waals surface area (Å²) < 4.78 is 0. The van der Waals surface area contributed by atoms with E-state index in [1.165, 1.54) is 23.2 Å². The van der Waals surface area contributed by atoms with Crippen LogP contribution in [0, 0.1) is 12.8 Å². The van der Waals surface area contributed by atoms with Crippen LogP contribution in [0.3, 0.4) is 0 Å². The molecule has 1 aromatic rings. The Balaban J connectivity index is 2.25. The molecule has 0 aliphatic carbocycles. The van der Waals surface area contributed by atoms with Crippen molar-refractivity contribution < 1.29 is 0 Å². The molecule has 0 aromatic heterocycles. The van der Waals surface area contributed by atoms with Gasteiger partial charge in [-0.15, -0.1) is 0 Å². The van der Waals surface area contributed by atoms with Gasteiger partial charge in [0.1, 0.15) is 0 Å². The minimum absolute atomic E-state index is 0.649.